The molecule has 0 aliphatic rings. The van der Waals surface area contributed by atoms with E-state index in [0.29, 0.717) is 0 Å². The molecule has 0 fully saturated rings. The molecule has 1 heterocycles. The number of allylic oxidation sites excluding steroid dienone is 2. The Bertz CT molecular complexity index is 1740. The summed E-state index contributed by atoms with van der Waals surface area (Å²) >= 11 is 0. The Kier molecular flexibility index (Phi) is 16.0. The van der Waals surface area contributed by atoms with Crippen LogP contribution in [0.3, 0.4) is 0 Å². The molecular weight excluding hydrogens is 805 g/mol. The number of ketones is 1. The fourth-order valence-corrected chi connectivity index (χ4v) is 6.48. The smallest absolute Gasteiger partial charge is 0.162 e. The van der Waals surface area contributed by atoms with Gasteiger partial charge >= 0.3 is 0 Å². The van der Waals surface area contributed by atoms with Gasteiger partial charge in [-0.25, -0.2) is 0 Å². The number of hydrogen-bond acceptors (Lipinski definition) is 4. The van der Waals surface area contributed by atoms with Crippen LogP contribution in [0.25, 0.3) is 33.2 Å². The third kappa shape index (κ3) is 12.2. The quantitative estimate of drug-likeness (QED) is 0.0980. The first-order valence-electron chi connectivity index (χ1n) is 18.7. The van der Waals surface area contributed by atoms with E-state index in [1.165, 1.54) is 28.2 Å². The van der Waals surface area contributed by atoms with Crippen molar-refractivity contribution in [3.05, 3.63) is 95.4 Å². The van der Waals surface area contributed by atoms with Crippen molar-refractivity contribution in [1.82, 2.24) is 10.2 Å². The zero-order valence-corrected chi connectivity index (χ0v) is 36.0. The predicted molar refractivity (Wildman–Crippen MR) is 214 cm³/mol. The fraction of sp³-hybridized carbons (Fsp3) is 0.500. The Hall–Kier alpha value is -3.14. The van der Waals surface area contributed by atoms with Crippen LogP contribution in [0.5, 0.6) is 0 Å². The SMILES string of the molecule is CC(C)(C)Cc1ccc(-c2cc(-c3[c-]c4ccccc4c(C(C)(C)C)c3)nnc2C(C)(C)C)cc1.CCC(CC)C(=O)/C=C(\O)C(CC)CC.[Ir]. The van der Waals surface area contributed by atoms with Gasteiger partial charge in [-0.05, 0) is 54.1 Å². The second-order valence-electron chi connectivity index (χ2n) is 17.1. The van der Waals surface area contributed by atoms with Crippen molar-refractivity contribution in [3.8, 4) is 22.4 Å². The van der Waals surface area contributed by atoms with E-state index in [9.17, 15) is 9.90 Å². The molecule has 0 bridgehead atoms. The number of hydrogen-bond donors (Lipinski definition) is 1. The van der Waals surface area contributed by atoms with Crippen molar-refractivity contribution in [1.29, 1.82) is 0 Å². The van der Waals surface area contributed by atoms with E-state index in [4.69, 9.17) is 10.2 Å². The fourth-order valence-electron chi connectivity index (χ4n) is 6.48. The number of carbonyl (C=O) groups is 1. The van der Waals surface area contributed by atoms with Crippen LogP contribution in [0.1, 0.15) is 133 Å². The molecular formula is C46H63IrN2O2-. The van der Waals surface area contributed by atoms with Gasteiger partial charge < -0.3 is 5.11 Å². The van der Waals surface area contributed by atoms with E-state index in [1.54, 1.807) is 0 Å². The first-order valence-corrected chi connectivity index (χ1v) is 18.7. The second kappa shape index (κ2) is 18.6. The van der Waals surface area contributed by atoms with Crippen LogP contribution in [0, 0.1) is 23.3 Å². The number of carbonyl (C=O) groups excluding carboxylic acids is 1. The average Bonchev–Trinajstić information content (AvgIpc) is 3.04. The number of aromatic nitrogens is 2. The van der Waals surface area contributed by atoms with Gasteiger partial charge in [0, 0.05) is 54.7 Å². The molecule has 0 aliphatic heterocycles. The first kappa shape index (κ1) is 44.0. The molecule has 1 N–H and O–H groups in total. The summed E-state index contributed by atoms with van der Waals surface area (Å²) in [5.41, 5.74) is 8.01. The van der Waals surface area contributed by atoms with Crippen molar-refractivity contribution in [2.75, 3.05) is 0 Å². The van der Waals surface area contributed by atoms with E-state index >= 15 is 0 Å². The number of aliphatic hydroxyl groups excluding tert-OH is 1. The van der Waals surface area contributed by atoms with Gasteiger partial charge in [0.05, 0.1) is 11.5 Å². The Morgan fingerprint density at radius 2 is 1.33 bits per heavy atom. The minimum absolute atomic E-state index is 0. The van der Waals surface area contributed by atoms with Crippen LogP contribution in [-0.2, 0) is 42.2 Å². The van der Waals surface area contributed by atoms with Crippen LogP contribution >= 0.6 is 0 Å². The van der Waals surface area contributed by atoms with Gasteiger partial charge in [0.1, 0.15) is 0 Å². The topological polar surface area (TPSA) is 63.1 Å². The Morgan fingerprint density at radius 3 is 1.84 bits per heavy atom. The summed E-state index contributed by atoms with van der Waals surface area (Å²) in [7, 11) is 0. The third-order valence-electron chi connectivity index (χ3n) is 9.44. The summed E-state index contributed by atoms with van der Waals surface area (Å²) in [5.74, 6) is 0.547. The number of nitrogens with zero attached hydrogens (tertiary/aromatic N) is 2. The van der Waals surface area contributed by atoms with Crippen LogP contribution in [0.15, 0.2) is 72.5 Å². The molecule has 0 aliphatic carbocycles. The van der Waals surface area contributed by atoms with Crippen molar-refractivity contribution in [3.63, 3.8) is 0 Å². The van der Waals surface area contributed by atoms with Gasteiger partial charge in [-0.3, -0.25) is 4.79 Å². The molecule has 0 spiro atoms. The van der Waals surface area contributed by atoms with Gasteiger partial charge in [-0.1, -0.05) is 149 Å². The van der Waals surface area contributed by atoms with Crippen LogP contribution in [-0.4, -0.2) is 21.1 Å². The standard InChI is InChI=1S/C33H39N2.C13H24O2.Ir/c1-31(2,3)21-22-14-16-23(17-15-22)27-20-29(34-35-30(27)33(7,8)9)25-18-24-12-10-11-13-26(24)28(19-25)32(4,5)6;1-5-10(6-2)12(14)9-13(15)11(7-3)8-4;/h10-17,19-20H,21H2,1-9H3;9-11,14H,5-8H2,1-4H3;/q-1;;/b;12-9-;. The monoisotopic (exact) mass is 868 g/mol. The molecule has 1 radical (unpaired) electrons. The summed E-state index contributed by atoms with van der Waals surface area (Å²) in [6.45, 7) is 28.3. The van der Waals surface area contributed by atoms with Crippen molar-refractivity contribution in [2.24, 2.45) is 17.3 Å². The summed E-state index contributed by atoms with van der Waals surface area (Å²) in [4.78, 5) is 11.7. The summed E-state index contributed by atoms with van der Waals surface area (Å²) < 4.78 is 0. The van der Waals surface area contributed by atoms with Gasteiger partial charge in [-0.15, -0.1) is 29.1 Å². The van der Waals surface area contributed by atoms with Gasteiger partial charge in [0.25, 0.3) is 0 Å². The zero-order chi connectivity index (χ0) is 37.4. The van der Waals surface area contributed by atoms with Gasteiger partial charge in [0.15, 0.2) is 5.78 Å². The van der Waals surface area contributed by atoms with Gasteiger partial charge in [0.2, 0.25) is 0 Å². The minimum atomic E-state index is -0.116. The molecule has 4 aromatic rings. The number of fused-ring (bicyclic) bond motifs is 1. The molecule has 4 nitrogen and oxygen atoms in total. The van der Waals surface area contributed by atoms with Crippen molar-refractivity contribution < 1.29 is 30.0 Å². The van der Waals surface area contributed by atoms with Crippen molar-refractivity contribution in [2.45, 2.75) is 133 Å². The third-order valence-corrected chi connectivity index (χ3v) is 9.44. The molecule has 4 rings (SSSR count). The Morgan fingerprint density at radius 1 is 0.765 bits per heavy atom. The average molecular weight is 868 g/mol. The van der Waals surface area contributed by atoms with E-state index < -0.39 is 0 Å². The number of aliphatic hydroxyl groups is 1. The molecule has 3 aromatic carbocycles. The van der Waals surface area contributed by atoms with Crippen LogP contribution in [0.4, 0.5) is 0 Å². The predicted octanol–water partition coefficient (Wildman–Crippen LogP) is 12.8. The first-order chi connectivity index (χ1) is 23.3. The van der Waals surface area contributed by atoms with E-state index in [0.717, 1.165) is 60.0 Å². The van der Waals surface area contributed by atoms with E-state index in [-0.39, 0.29) is 59.7 Å². The molecule has 1 aromatic heterocycles. The molecule has 0 saturated carbocycles. The van der Waals surface area contributed by atoms with E-state index in [1.807, 2.05) is 27.7 Å². The maximum Gasteiger partial charge on any atom is 0.162 e. The molecule has 51 heavy (non-hydrogen) atoms. The maximum absolute atomic E-state index is 11.7. The van der Waals surface area contributed by atoms with Crippen molar-refractivity contribution >= 4 is 16.6 Å². The summed E-state index contributed by atoms with van der Waals surface area (Å²) in [6, 6.07) is 25.6. The minimum Gasteiger partial charge on any atom is -0.512 e. The summed E-state index contributed by atoms with van der Waals surface area (Å²) in [6.07, 6.45) is 5.96. The maximum atomic E-state index is 11.7. The zero-order valence-electron chi connectivity index (χ0n) is 33.6. The summed E-state index contributed by atoms with van der Waals surface area (Å²) in [5, 5.41) is 21.6. The molecule has 5 heteroatoms. The normalized spacial score (nSPS) is 12.5. The number of rotatable bonds is 10. The number of benzene rings is 3. The van der Waals surface area contributed by atoms with Crippen LogP contribution < -0.4 is 0 Å². The largest absolute Gasteiger partial charge is 0.512 e. The second-order valence-corrected chi connectivity index (χ2v) is 17.1. The van der Waals surface area contributed by atoms with Gasteiger partial charge in [-0.2, -0.15) is 10.2 Å². The molecule has 279 valence electrons. The molecule has 0 amide bonds. The molecule has 0 atom stereocenters. The molecule has 0 unspecified atom stereocenters. The van der Waals surface area contributed by atoms with Crippen LogP contribution in [0.2, 0.25) is 0 Å². The van der Waals surface area contributed by atoms with E-state index in [2.05, 4.69) is 129 Å². The Balaban J connectivity index is 0.000000479. The molecule has 0 saturated heterocycles. The Labute approximate surface area is 323 Å².